The van der Waals surface area contributed by atoms with Gasteiger partial charge in [0.25, 0.3) is 0 Å². The zero-order valence-electron chi connectivity index (χ0n) is 9.28. The highest BCUT2D eigenvalue weighted by molar-refractivity contribution is 5.47. The van der Waals surface area contributed by atoms with E-state index in [1.54, 1.807) is 0 Å². The van der Waals surface area contributed by atoms with Gasteiger partial charge in [-0.25, -0.2) is 0 Å². The Hall–Kier alpha value is -1.53. The van der Waals surface area contributed by atoms with E-state index in [0.29, 0.717) is 11.5 Å². The van der Waals surface area contributed by atoms with Gasteiger partial charge in [-0.05, 0) is 43.0 Å². The molecule has 3 nitrogen and oxygen atoms in total. The van der Waals surface area contributed by atoms with Gasteiger partial charge in [0, 0.05) is 25.4 Å². The van der Waals surface area contributed by atoms with Crippen LogP contribution in [0, 0.1) is 17.2 Å². The maximum absolute atomic E-state index is 8.68. The zero-order valence-corrected chi connectivity index (χ0v) is 9.28. The third-order valence-corrected chi connectivity index (χ3v) is 2.95. The predicted octanol–water partition coefficient (Wildman–Crippen LogP) is 2.40. The maximum Gasteiger partial charge on any atom is 0.0991 e. The topological polar surface area (TPSA) is 45.0 Å². The number of benzene rings is 1. The highest BCUT2D eigenvalue weighted by Gasteiger charge is 2.12. The van der Waals surface area contributed by atoms with E-state index < -0.39 is 0 Å². The van der Waals surface area contributed by atoms with E-state index in [2.05, 4.69) is 11.4 Å². The quantitative estimate of drug-likeness (QED) is 0.843. The summed E-state index contributed by atoms with van der Waals surface area (Å²) in [5.74, 6) is 0.712. The summed E-state index contributed by atoms with van der Waals surface area (Å²) in [4.78, 5) is 0. The number of ether oxygens (including phenoxy) is 1. The van der Waals surface area contributed by atoms with E-state index in [9.17, 15) is 0 Å². The molecule has 0 amide bonds. The van der Waals surface area contributed by atoms with Gasteiger partial charge in [0.1, 0.15) is 0 Å². The Kier molecular flexibility index (Phi) is 3.79. The largest absolute Gasteiger partial charge is 0.385 e. The smallest absolute Gasteiger partial charge is 0.0991 e. The first kappa shape index (κ1) is 11.0. The first-order valence-corrected chi connectivity index (χ1v) is 5.70. The Morgan fingerprint density at radius 3 is 2.56 bits per heavy atom. The monoisotopic (exact) mass is 216 g/mol. The van der Waals surface area contributed by atoms with Gasteiger partial charge in [0.15, 0.2) is 0 Å². The molecule has 0 radical (unpaired) electrons. The van der Waals surface area contributed by atoms with Crippen molar-refractivity contribution in [3.8, 4) is 6.07 Å². The van der Waals surface area contributed by atoms with Gasteiger partial charge in [-0.1, -0.05) is 0 Å². The molecular weight excluding hydrogens is 200 g/mol. The van der Waals surface area contributed by atoms with Crippen LogP contribution in [0.25, 0.3) is 0 Å². The molecule has 2 rings (SSSR count). The molecule has 0 atom stereocenters. The second-order valence-electron chi connectivity index (χ2n) is 4.13. The van der Waals surface area contributed by atoms with Crippen molar-refractivity contribution < 1.29 is 4.74 Å². The van der Waals surface area contributed by atoms with Crippen molar-refractivity contribution in [1.82, 2.24) is 0 Å². The van der Waals surface area contributed by atoms with Crippen LogP contribution in [0.1, 0.15) is 18.4 Å². The lowest BCUT2D eigenvalue weighted by Crippen LogP contribution is -2.22. The summed E-state index contributed by atoms with van der Waals surface area (Å²) in [6, 6.07) is 9.71. The van der Waals surface area contributed by atoms with E-state index in [0.717, 1.165) is 38.3 Å². The number of nitriles is 1. The summed E-state index contributed by atoms with van der Waals surface area (Å²) in [7, 11) is 0. The molecule has 0 saturated carbocycles. The van der Waals surface area contributed by atoms with Crippen molar-refractivity contribution in [3.05, 3.63) is 29.8 Å². The Bertz CT molecular complexity index is 361. The van der Waals surface area contributed by atoms with Gasteiger partial charge in [-0.3, -0.25) is 0 Å². The molecule has 1 N–H and O–H groups in total. The van der Waals surface area contributed by atoms with Crippen molar-refractivity contribution in [2.24, 2.45) is 5.92 Å². The van der Waals surface area contributed by atoms with E-state index >= 15 is 0 Å². The highest BCUT2D eigenvalue weighted by atomic mass is 16.5. The normalized spacial score (nSPS) is 16.7. The van der Waals surface area contributed by atoms with Crippen LogP contribution in [0.3, 0.4) is 0 Å². The molecule has 1 heterocycles. The Morgan fingerprint density at radius 2 is 1.94 bits per heavy atom. The average molecular weight is 216 g/mol. The number of nitrogens with one attached hydrogen (secondary N) is 1. The number of hydrogen-bond acceptors (Lipinski definition) is 3. The van der Waals surface area contributed by atoms with Gasteiger partial charge in [-0.15, -0.1) is 0 Å². The van der Waals surface area contributed by atoms with Crippen LogP contribution in [0.15, 0.2) is 24.3 Å². The molecule has 1 fully saturated rings. The summed E-state index contributed by atoms with van der Waals surface area (Å²) >= 11 is 0. The van der Waals surface area contributed by atoms with Gasteiger partial charge >= 0.3 is 0 Å². The molecule has 1 saturated heterocycles. The Labute approximate surface area is 96.0 Å². The third kappa shape index (κ3) is 2.98. The lowest BCUT2D eigenvalue weighted by molar-refractivity contribution is 0.0699. The van der Waals surface area contributed by atoms with E-state index in [1.807, 2.05) is 24.3 Å². The van der Waals surface area contributed by atoms with Crippen LogP contribution in [0.4, 0.5) is 5.69 Å². The second kappa shape index (κ2) is 5.53. The van der Waals surface area contributed by atoms with Crippen LogP contribution in [0.2, 0.25) is 0 Å². The van der Waals surface area contributed by atoms with Gasteiger partial charge in [-0.2, -0.15) is 5.26 Å². The number of anilines is 1. The lowest BCUT2D eigenvalue weighted by atomic mass is 10.0. The summed E-state index contributed by atoms with van der Waals surface area (Å²) in [5, 5.41) is 12.1. The Morgan fingerprint density at radius 1 is 1.25 bits per heavy atom. The van der Waals surface area contributed by atoms with Crippen LogP contribution in [-0.2, 0) is 4.74 Å². The lowest BCUT2D eigenvalue weighted by Gasteiger charge is -2.22. The maximum atomic E-state index is 8.68. The first-order valence-electron chi connectivity index (χ1n) is 5.70. The third-order valence-electron chi connectivity index (χ3n) is 2.95. The second-order valence-corrected chi connectivity index (χ2v) is 4.13. The van der Waals surface area contributed by atoms with Crippen LogP contribution >= 0.6 is 0 Å². The molecule has 3 heteroatoms. The van der Waals surface area contributed by atoms with Crippen molar-refractivity contribution >= 4 is 5.69 Å². The summed E-state index contributed by atoms with van der Waals surface area (Å²) in [5.41, 5.74) is 1.79. The molecule has 16 heavy (non-hydrogen) atoms. The molecule has 1 aromatic rings. The Balaban J connectivity index is 1.82. The minimum Gasteiger partial charge on any atom is -0.385 e. The minimum absolute atomic E-state index is 0.705. The summed E-state index contributed by atoms with van der Waals surface area (Å²) in [6.07, 6.45) is 2.28. The molecule has 0 unspecified atom stereocenters. The fraction of sp³-hybridized carbons (Fsp3) is 0.462. The molecule has 1 aliphatic heterocycles. The SMILES string of the molecule is N#Cc1ccc(NCC2CCOCC2)cc1. The molecule has 0 aromatic heterocycles. The van der Waals surface area contributed by atoms with Crippen molar-refractivity contribution in [1.29, 1.82) is 5.26 Å². The van der Waals surface area contributed by atoms with Crippen molar-refractivity contribution in [3.63, 3.8) is 0 Å². The number of rotatable bonds is 3. The molecule has 1 aromatic carbocycles. The summed E-state index contributed by atoms with van der Waals surface area (Å²) < 4.78 is 5.32. The molecule has 84 valence electrons. The number of nitrogens with zero attached hydrogens (tertiary/aromatic N) is 1. The zero-order chi connectivity index (χ0) is 11.2. The predicted molar refractivity (Wildman–Crippen MR) is 63.2 cm³/mol. The fourth-order valence-electron chi connectivity index (χ4n) is 1.88. The molecular formula is C13H16N2O. The molecule has 0 spiro atoms. The van der Waals surface area contributed by atoms with E-state index in [4.69, 9.17) is 10.00 Å². The molecule has 0 bridgehead atoms. The highest BCUT2D eigenvalue weighted by Crippen LogP contribution is 2.16. The summed E-state index contributed by atoms with van der Waals surface area (Å²) in [6.45, 7) is 2.77. The molecule has 1 aliphatic rings. The van der Waals surface area contributed by atoms with Crippen LogP contribution in [0.5, 0.6) is 0 Å². The van der Waals surface area contributed by atoms with E-state index in [1.165, 1.54) is 0 Å². The fourth-order valence-corrected chi connectivity index (χ4v) is 1.88. The average Bonchev–Trinajstić information content (AvgIpc) is 2.38. The van der Waals surface area contributed by atoms with Crippen molar-refractivity contribution in [2.45, 2.75) is 12.8 Å². The van der Waals surface area contributed by atoms with Crippen molar-refractivity contribution in [2.75, 3.05) is 25.1 Å². The van der Waals surface area contributed by atoms with Crippen LogP contribution in [-0.4, -0.2) is 19.8 Å². The van der Waals surface area contributed by atoms with Crippen LogP contribution < -0.4 is 5.32 Å². The van der Waals surface area contributed by atoms with E-state index in [-0.39, 0.29) is 0 Å². The molecule has 0 aliphatic carbocycles. The first-order chi connectivity index (χ1) is 7.88. The minimum atomic E-state index is 0.705. The van der Waals surface area contributed by atoms with Gasteiger partial charge < -0.3 is 10.1 Å². The standard InChI is InChI=1S/C13H16N2O/c14-9-11-1-3-13(4-2-11)15-10-12-5-7-16-8-6-12/h1-4,12,15H,5-8,10H2. The van der Waals surface area contributed by atoms with Gasteiger partial charge in [0.05, 0.1) is 11.6 Å². The number of hydrogen-bond donors (Lipinski definition) is 1. The van der Waals surface area contributed by atoms with Gasteiger partial charge in [0.2, 0.25) is 0 Å².